The van der Waals surface area contributed by atoms with Crippen molar-refractivity contribution in [2.75, 3.05) is 0 Å². The lowest BCUT2D eigenvalue weighted by atomic mass is 9.98. The fraction of sp³-hybridized carbons (Fsp3) is 0.0588. The van der Waals surface area contributed by atoms with Gasteiger partial charge in [-0.1, -0.05) is 65.1 Å². The monoisotopic (exact) mass is 354 g/mol. The minimum atomic E-state index is -0.390. The first-order chi connectivity index (χ1) is 10.1. The Morgan fingerprint density at radius 3 is 2.10 bits per heavy atom. The molecule has 0 heterocycles. The van der Waals surface area contributed by atoms with Gasteiger partial charge in [-0.15, -0.1) is 11.6 Å². The highest BCUT2D eigenvalue weighted by molar-refractivity contribution is 6.36. The SMILES string of the molecule is Clc1ccc(Cl)c(C(Cl)c2ccc(Cl)c3ccccc23)c1. The molecule has 0 aliphatic heterocycles. The quantitative estimate of drug-likeness (QED) is 0.429. The molecule has 0 aliphatic carbocycles. The second-order valence-corrected chi connectivity index (χ2v) is 6.40. The zero-order valence-corrected chi connectivity index (χ0v) is 13.8. The molecule has 0 aliphatic rings. The number of rotatable bonds is 2. The molecule has 0 saturated carbocycles. The molecule has 0 amide bonds. The first kappa shape index (κ1) is 15.0. The molecule has 0 bridgehead atoms. The number of halogens is 4. The second kappa shape index (κ2) is 6.06. The van der Waals surface area contributed by atoms with Gasteiger partial charge in [0.1, 0.15) is 0 Å². The van der Waals surface area contributed by atoms with Crippen molar-refractivity contribution in [3.63, 3.8) is 0 Å². The van der Waals surface area contributed by atoms with E-state index in [2.05, 4.69) is 0 Å². The molecular formula is C17H10Cl4. The molecule has 0 spiro atoms. The highest BCUT2D eigenvalue weighted by Gasteiger charge is 2.18. The molecule has 0 nitrogen and oxygen atoms in total. The lowest BCUT2D eigenvalue weighted by Crippen LogP contribution is -1.96. The van der Waals surface area contributed by atoms with E-state index in [9.17, 15) is 0 Å². The van der Waals surface area contributed by atoms with Gasteiger partial charge in [0.2, 0.25) is 0 Å². The molecule has 4 heteroatoms. The Hall–Kier alpha value is -0.920. The van der Waals surface area contributed by atoms with E-state index in [1.54, 1.807) is 18.2 Å². The van der Waals surface area contributed by atoms with E-state index < -0.39 is 5.38 Å². The maximum Gasteiger partial charge on any atom is 0.0856 e. The molecule has 0 saturated heterocycles. The summed E-state index contributed by atoms with van der Waals surface area (Å²) >= 11 is 25.2. The first-order valence-electron chi connectivity index (χ1n) is 6.34. The zero-order valence-electron chi connectivity index (χ0n) is 10.8. The molecule has 3 rings (SSSR count). The predicted molar refractivity (Wildman–Crippen MR) is 93.1 cm³/mol. The number of benzene rings is 3. The molecule has 0 aromatic heterocycles. The molecule has 1 atom stereocenters. The summed E-state index contributed by atoms with van der Waals surface area (Å²) in [7, 11) is 0. The fourth-order valence-electron chi connectivity index (χ4n) is 2.38. The number of hydrogen-bond acceptors (Lipinski definition) is 0. The standard InChI is InChI=1S/C17H10Cl4/c18-10-5-7-16(20)14(9-10)17(21)13-6-8-15(19)12-4-2-1-3-11(12)13/h1-9,17H. The maximum atomic E-state index is 6.65. The van der Waals surface area contributed by atoms with E-state index in [0.29, 0.717) is 15.1 Å². The van der Waals surface area contributed by atoms with Gasteiger partial charge in [0.15, 0.2) is 0 Å². The largest absolute Gasteiger partial charge is 0.113 e. The highest BCUT2D eigenvalue weighted by atomic mass is 35.5. The Morgan fingerprint density at radius 2 is 1.33 bits per heavy atom. The minimum absolute atomic E-state index is 0.390. The van der Waals surface area contributed by atoms with Gasteiger partial charge in [0.25, 0.3) is 0 Å². The van der Waals surface area contributed by atoms with Crippen LogP contribution in [-0.2, 0) is 0 Å². The van der Waals surface area contributed by atoms with Crippen LogP contribution in [0.1, 0.15) is 16.5 Å². The van der Waals surface area contributed by atoms with Crippen molar-refractivity contribution in [1.29, 1.82) is 0 Å². The average Bonchev–Trinajstić information content (AvgIpc) is 2.50. The number of fused-ring (bicyclic) bond motifs is 1. The van der Waals surface area contributed by atoms with Crippen molar-refractivity contribution in [3.05, 3.63) is 80.8 Å². The molecular weight excluding hydrogens is 346 g/mol. The van der Waals surface area contributed by atoms with Crippen LogP contribution in [0.3, 0.4) is 0 Å². The summed E-state index contributed by atoms with van der Waals surface area (Å²) in [6, 6.07) is 17.0. The summed E-state index contributed by atoms with van der Waals surface area (Å²) in [5, 5.41) is 3.51. The summed E-state index contributed by atoms with van der Waals surface area (Å²) in [4.78, 5) is 0. The van der Waals surface area contributed by atoms with E-state index in [1.807, 2.05) is 36.4 Å². The lowest BCUT2D eigenvalue weighted by molar-refractivity contribution is 1.16. The molecule has 1 unspecified atom stereocenters. The van der Waals surface area contributed by atoms with Crippen LogP contribution in [0.2, 0.25) is 15.1 Å². The van der Waals surface area contributed by atoms with Gasteiger partial charge in [-0.2, -0.15) is 0 Å². The van der Waals surface area contributed by atoms with Crippen LogP contribution in [0.5, 0.6) is 0 Å². The van der Waals surface area contributed by atoms with Gasteiger partial charge in [0, 0.05) is 20.5 Å². The third-order valence-corrected chi connectivity index (χ3v) is 4.79. The molecule has 3 aromatic rings. The predicted octanol–water partition coefficient (Wildman–Crippen LogP) is 7.13. The van der Waals surface area contributed by atoms with Crippen molar-refractivity contribution < 1.29 is 0 Å². The van der Waals surface area contributed by atoms with E-state index in [-0.39, 0.29) is 0 Å². The molecule has 106 valence electrons. The van der Waals surface area contributed by atoms with Crippen LogP contribution < -0.4 is 0 Å². The van der Waals surface area contributed by atoms with Crippen molar-refractivity contribution in [1.82, 2.24) is 0 Å². The van der Waals surface area contributed by atoms with Crippen molar-refractivity contribution in [2.24, 2.45) is 0 Å². The topological polar surface area (TPSA) is 0 Å². The normalized spacial score (nSPS) is 12.6. The highest BCUT2D eigenvalue weighted by Crippen LogP contribution is 2.39. The van der Waals surface area contributed by atoms with Crippen LogP contribution in [-0.4, -0.2) is 0 Å². The van der Waals surface area contributed by atoms with Crippen LogP contribution in [0.25, 0.3) is 10.8 Å². The number of hydrogen-bond donors (Lipinski definition) is 0. The van der Waals surface area contributed by atoms with E-state index >= 15 is 0 Å². The lowest BCUT2D eigenvalue weighted by Gasteiger charge is -2.15. The van der Waals surface area contributed by atoms with Crippen LogP contribution in [0, 0.1) is 0 Å². The Morgan fingerprint density at radius 1 is 0.667 bits per heavy atom. The van der Waals surface area contributed by atoms with Gasteiger partial charge in [-0.25, -0.2) is 0 Å². The Balaban J connectivity index is 2.20. The smallest absolute Gasteiger partial charge is 0.0856 e. The Bertz CT molecular complexity index is 811. The summed E-state index contributed by atoms with van der Waals surface area (Å²) in [6.07, 6.45) is 0. The molecule has 3 aromatic carbocycles. The van der Waals surface area contributed by atoms with Crippen LogP contribution in [0.15, 0.2) is 54.6 Å². The Kier molecular flexibility index (Phi) is 4.33. The van der Waals surface area contributed by atoms with Gasteiger partial charge < -0.3 is 0 Å². The van der Waals surface area contributed by atoms with E-state index in [1.165, 1.54) is 0 Å². The summed E-state index contributed by atoms with van der Waals surface area (Å²) in [6.45, 7) is 0. The minimum Gasteiger partial charge on any atom is -0.113 e. The van der Waals surface area contributed by atoms with Gasteiger partial charge in [0.05, 0.1) is 5.38 Å². The van der Waals surface area contributed by atoms with Gasteiger partial charge in [-0.3, -0.25) is 0 Å². The van der Waals surface area contributed by atoms with Crippen LogP contribution >= 0.6 is 46.4 Å². The average molecular weight is 356 g/mol. The molecule has 0 N–H and O–H groups in total. The van der Waals surface area contributed by atoms with Crippen molar-refractivity contribution in [3.8, 4) is 0 Å². The molecule has 0 fully saturated rings. The third kappa shape index (κ3) is 2.86. The Labute approximate surface area is 143 Å². The van der Waals surface area contributed by atoms with Gasteiger partial charge in [-0.05, 0) is 40.8 Å². The maximum absolute atomic E-state index is 6.65. The van der Waals surface area contributed by atoms with Crippen molar-refractivity contribution in [2.45, 2.75) is 5.38 Å². The summed E-state index contributed by atoms with van der Waals surface area (Å²) in [5.41, 5.74) is 1.75. The third-order valence-electron chi connectivity index (χ3n) is 3.41. The summed E-state index contributed by atoms with van der Waals surface area (Å²) in [5.74, 6) is 0. The number of alkyl halides is 1. The van der Waals surface area contributed by atoms with Crippen LogP contribution in [0.4, 0.5) is 0 Å². The zero-order chi connectivity index (χ0) is 15.0. The van der Waals surface area contributed by atoms with Crippen molar-refractivity contribution >= 4 is 57.2 Å². The molecule has 21 heavy (non-hydrogen) atoms. The summed E-state index contributed by atoms with van der Waals surface area (Å²) < 4.78 is 0. The first-order valence-corrected chi connectivity index (χ1v) is 7.91. The fourth-order valence-corrected chi connectivity index (χ4v) is 3.44. The molecule has 0 radical (unpaired) electrons. The van der Waals surface area contributed by atoms with Gasteiger partial charge >= 0.3 is 0 Å². The second-order valence-electron chi connectivity index (χ2n) is 4.71. The van der Waals surface area contributed by atoms with E-state index in [4.69, 9.17) is 46.4 Å². The van der Waals surface area contributed by atoms with E-state index in [0.717, 1.165) is 21.9 Å².